The van der Waals surface area contributed by atoms with Gasteiger partial charge in [-0.2, -0.15) is 0 Å². The molecule has 0 aliphatic rings. The van der Waals surface area contributed by atoms with Gasteiger partial charge in [0.1, 0.15) is 5.15 Å². The molecule has 1 aromatic rings. The Morgan fingerprint density at radius 2 is 1.92 bits per heavy atom. The second-order valence-corrected chi connectivity index (χ2v) is 6.61. The number of nitrogens with one attached hydrogen (secondary N) is 2. The van der Waals surface area contributed by atoms with E-state index < -0.39 is 0 Å². The second-order valence-electron chi connectivity index (χ2n) is 6.23. The second kappa shape index (κ2) is 13.6. The fraction of sp³-hybridized carbons (Fsp3) is 0.667. The molecule has 1 heterocycles. The normalized spacial score (nSPS) is 12.9. The van der Waals surface area contributed by atoms with Gasteiger partial charge < -0.3 is 15.5 Å². The number of hydrogen-bond donors (Lipinski definition) is 2. The van der Waals surface area contributed by atoms with Crippen LogP contribution in [0.2, 0.25) is 5.15 Å². The molecule has 1 atom stereocenters. The highest BCUT2D eigenvalue weighted by Crippen LogP contribution is 2.16. The standard InChI is InChI=1S/C18H32ClN5.HI/c1-6-15(7-2)16(24(4)5)13-23-18(20-3)21-11-10-14-8-9-17(19)22-12-14;/h8-9,12,15-16H,6-7,10-11,13H2,1-5H3,(H2,20,21,23);1H. The Kier molecular flexibility index (Phi) is 13.3. The van der Waals surface area contributed by atoms with E-state index in [0.717, 1.165) is 31.0 Å². The molecule has 1 unspecified atom stereocenters. The molecule has 0 spiro atoms. The summed E-state index contributed by atoms with van der Waals surface area (Å²) in [5.74, 6) is 1.53. The van der Waals surface area contributed by atoms with Crippen molar-refractivity contribution in [3.8, 4) is 0 Å². The van der Waals surface area contributed by atoms with Crippen LogP contribution in [-0.4, -0.2) is 56.1 Å². The summed E-state index contributed by atoms with van der Waals surface area (Å²) in [5.41, 5.74) is 1.16. The Morgan fingerprint density at radius 1 is 1.24 bits per heavy atom. The number of hydrogen-bond acceptors (Lipinski definition) is 3. The van der Waals surface area contributed by atoms with E-state index in [-0.39, 0.29) is 24.0 Å². The fourth-order valence-corrected chi connectivity index (χ4v) is 3.02. The van der Waals surface area contributed by atoms with E-state index in [2.05, 4.69) is 53.5 Å². The monoisotopic (exact) mass is 481 g/mol. The number of nitrogens with zero attached hydrogens (tertiary/aromatic N) is 3. The van der Waals surface area contributed by atoms with E-state index in [1.54, 1.807) is 7.05 Å². The highest BCUT2D eigenvalue weighted by Gasteiger charge is 2.20. The largest absolute Gasteiger partial charge is 0.356 e. The van der Waals surface area contributed by atoms with Crippen LogP contribution in [0, 0.1) is 5.92 Å². The average Bonchev–Trinajstić information content (AvgIpc) is 2.58. The summed E-state index contributed by atoms with van der Waals surface area (Å²) in [6.07, 6.45) is 5.08. The third-order valence-corrected chi connectivity index (χ3v) is 4.68. The maximum Gasteiger partial charge on any atom is 0.191 e. The van der Waals surface area contributed by atoms with Crippen molar-refractivity contribution >= 4 is 41.5 Å². The minimum atomic E-state index is 0. The van der Waals surface area contributed by atoms with Gasteiger partial charge in [0.2, 0.25) is 0 Å². The molecule has 0 aliphatic heterocycles. The maximum atomic E-state index is 5.80. The highest BCUT2D eigenvalue weighted by atomic mass is 127. The summed E-state index contributed by atoms with van der Waals surface area (Å²) >= 11 is 5.80. The third kappa shape index (κ3) is 9.06. The molecular formula is C18H33ClIN5. The van der Waals surface area contributed by atoms with Crippen LogP contribution in [0.15, 0.2) is 23.3 Å². The Balaban J connectivity index is 0.00000576. The Bertz CT molecular complexity index is 489. The van der Waals surface area contributed by atoms with Gasteiger partial charge in [0, 0.05) is 32.4 Å². The molecule has 0 saturated carbocycles. The van der Waals surface area contributed by atoms with Crippen LogP contribution in [0.4, 0.5) is 0 Å². The quantitative estimate of drug-likeness (QED) is 0.246. The van der Waals surface area contributed by atoms with Crippen LogP contribution >= 0.6 is 35.6 Å². The molecule has 2 N–H and O–H groups in total. The molecule has 7 heteroatoms. The van der Waals surface area contributed by atoms with E-state index in [9.17, 15) is 0 Å². The van der Waals surface area contributed by atoms with Gasteiger partial charge in [-0.15, -0.1) is 24.0 Å². The van der Waals surface area contributed by atoms with Gasteiger partial charge in [0.05, 0.1) is 0 Å². The van der Waals surface area contributed by atoms with Gasteiger partial charge in [-0.25, -0.2) is 4.98 Å². The zero-order valence-corrected chi connectivity index (χ0v) is 19.1. The van der Waals surface area contributed by atoms with Crippen molar-refractivity contribution in [2.45, 2.75) is 39.2 Å². The maximum absolute atomic E-state index is 5.80. The average molecular weight is 482 g/mol. The van der Waals surface area contributed by atoms with Crippen LogP contribution in [-0.2, 0) is 6.42 Å². The lowest BCUT2D eigenvalue weighted by molar-refractivity contribution is 0.200. The van der Waals surface area contributed by atoms with Gasteiger partial charge in [-0.1, -0.05) is 44.4 Å². The van der Waals surface area contributed by atoms with E-state index in [1.165, 1.54) is 12.8 Å². The predicted octanol–water partition coefficient (Wildman–Crippen LogP) is 3.43. The van der Waals surface area contributed by atoms with Gasteiger partial charge in [-0.05, 0) is 38.1 Å². The van der Waals surface area contributed by atoms with Crippen molar-refractivity contribution in [2.75, 3.05) is 34.2 Å². The fourth-order valence-electron chi connectivity index (χ4n) is 2.91. The first-order chi connectivity index (χ1) is 11.5. The van der Waals surface area contributed by atoms with Crippen molar-refractivity contribution in [3.05, 3.63) is 29.0 Å². The number of likely N-dealkylation sites (N-methyl/N-ethyl adjacent to an activating group) is 1. The molecule has 144 valence electrons. The highest BCUT2D eigenvalue weighted by molar-refractivity contribution is 14.0. The van der Waals surface area contributed by atoms with Crippen molar-refractivity contribution < 1.29 is 0 Å². The first kappa shape index (κ1) is 24.4. The molecule has 0 saturated heterocycles. The molecule has 1 rings (SSSR count). The summed E-state index contributed by atoms with van der Waals surface area (Å²) in [7, 11) is 6.10. The first-order valence-corrected chi connectivity index (χ1v) is 9.10. The third-order valence-electron chi connectivity index (χ3n) is 4.45. The van der Waals surface area contributed by atoms with Gasteiger partial charge in [0.15, 0.2) is 5.96 Å². The molecule has 5 nitrogen and oxygen atoms in total. The zero-order chi connectivity index (χ0) is 17.9. The smallest absolute Gasteiger partial charge is 0.191 e. The number of halogens is 2. The molecular weight excluding hydrogens is 449 g/mol. The Labute approximate surface area is 175 Å². The molecule has 0 bridgehead atoms. The number of aromatic nitrogens is 1. The molecule has 25 heavy (non-hydrogen) atoms. The predicted molar refractivity (Wildman–Crippen MR) is 119 cm³/mol. The van der Waals surface area contributed by atoms with Crippen molar-refractivity contribution in [3.63, 3.8) is 0 Å². The topological polar surface area (TPSA) is 52.6 Å². The summed E-state index contributed by atoms with van der Waals surface area (Å²) in [4.78, 5) is 10.7. The lowest BCUT2D eigenvalue weighted by Gasteiger charge is -2.32. The van der Waals surface area contributed by atoms with Crippen LogP contribution in [0.5, 0.6) is 0 Å². The Hall–Kier alpha value is -0.600. The molecule has 0 aromatic carbocycles. The van der Waals surface area contributed by atoms with Crippen LogP contribution in [0.25, 0.3) is 0 Å². The summed E-state index contributed by atoms with van der Waals surface area (Å²) in [6, 6.07) is 4.32. The van der Waals surface area contributed by atoms with Crippen LogP contribution in [0.1, 0.15) is 32.3 Å². The van der Waals surface area contributed by atoms with Crippen molar-refractivity contribution in [2.24, 2.45) is 10.9 Å². The summed E-state index contributed by atoms with van der Waals surface area (Å²) in [6.45, 7) is 6.22. The molecule has 1 aromatic heterocycles. The van der Waals surface area contributed by atoms with Crippen LogP contribution in [0.3, 0.4) is 0 Å². The van der Waals surface area contributed by atoms with E-state index in [1.807, 2.05) is 18.3 Å². The zero-order valence-electron chi connectivity index (χ0n) is 16.1. The SMILES string of the molecule is CCC(CC)C(CNC(=NC)NCCc1ccc(Cl)nc1)N(C)C.I. The van der Waals surface area contributed by atoms with Crippen LogP contribution < -0.4 is 10.6 Å². The van der Waals surface area contributed by atoms with Crippen molar-refractivity contribution in [1.82, 2.24) is 20.5 Å². The number of rotatable bonds is 9. The number of guanidine groups is 1. The lowest BCUT2D eigenvalue weighted by atomic mass is 9.93. The summed E-state index contributed by atoms with van der Waals surface area (Å²) < 4.78 is 0. The van der Waals surface area contributed by atoms with Crippen molar-refractivity contribution in [1.29, 1.82) is 0 Å². The first-order valence-electron chi connectivity index (χ1n) is 8.73. The minimum absolute atomic E-state index is 0. The molecule has 0 fully saturated rings. The Morgan fingerprint density at radius 3 is 2.40 bits per heavy atom. The molecule has 0 radical (unpaired) electrons. The van der Waals surface area contributed by atoms with E-state index in [0.29, 0.717) is 17.1 Å². The minimum Gasteiger partial charge on any atom is -0.356 e. The molecule has 0 amide bonds. The number of aliphatic imine (C=N–C) groups is 1. The number of pyridine rings is 1. The van der Waals surface area contributed by atoms with Gasteiger partial charge in [-0.3, -0.25) is 4.99 Å². The lowest BCUT2D eigenvalue weighted by Crippen LogP contribution is -2.48. The van der Waals surface area contributed by atoms with Gasteiger partial charge >= 0.3 is 0 Å². The summed E-state index contributed by atoms with van der Waals surface area (Å²) in [5, 5.41) is 7.35. The molecule has 0 aliphatic carbocycles. The van der Waals surface area contributed by atoms with E-state index >= 15 is 0 Å². The van der Waals surface area contributed by atoms with Gasteiger partial charge in [0.25, 0.3) is 0 Å². The van der Waals surface area contributed by atoms with E-state index in [4.69, 9.17) is 11.6 Å².